The van der Waals surface area contributed by atoms with Crippen LogP contribution in [0.25, 0.3) is 0 Å². The lowest BCUT2D eigenvalue weighted by Gasteiger charge is -2.02. The van der Waals surface area contributed by atoms with Crippen LogP contribution in [0.2, 0.25) is 0 Å². The van der Waals surface area contributed by atoms with Crippen molar-refractivity contribution in [1.82, 2.24) is 4.98 Å². The zero-order valence-electron chi connectivity index (χ0n) is 6.47. The van der Waals surface area contributed by atoms with Gasteiger partial charge in [-0.1, -0.05) is 0 Å². The predicted octanol–water partition coefficient (Wildman–Crippen LogP) is 2.00. The van der Waals surface area contributed by atoms with E-state index in [0.717, 1.165) is 0 Å². The molecule has 76 valence electrons. The summed E-state index contributed by atoms with van der Waals surface area (Å²) in [6.45, 7) is 0. The lowest BCUT2D eigenvalue weighted by Crippen LogP contribution is -2.09. The summed E-state index contributed by atoms with van der Waals surface area (Å²) in [5, 5.41) is 8.29. The number of nitrogens with zero attached hydrogens (tertiary/aromatic N) is 1. The SMILES string of the molecule is O=C(O)c1nc(C(F)F)c(F)cc1F. The molecule has 14 heavy (non-hydrogen) atoms. The van der Waals surface area contributed by atoms with E-state index in [1.807, 2.05) is 0 Å². The standard InChI is InChI=1S/C7H3F4NO2/c8-2-1-3(9)5(7(13)14)12-4(2)6(10)11/h1,6H,(H,13,14). The van der Waals surface area contributed by atoms with E-state index in [1.165, 1.54) is 0 Å². The number of halogens is 4. The first-order valence-electron chi connectivity index (χ1n) is 3.31. The van der Waals surface area contributed by atoms with Gasteiger partial charge in [-0.2, -0.15) is 0 Å². The molecule has 0 aromatic carbocycles. The number of aromatic nitrogens is 1. The number of carbonyl (C=O) groups is 1. The molecule has 1 N–H and O–H groups in total. The molecule has 3 nitrogen and oxygen atoms in total. The van der Waals surface area contributed by atoms with Crippen LogP contribution in [0.1, 0.15) is 22.6 Å². The van der Waals surface area contributed by atoms with Crippen molar-refractivity contribution in [2.45, 2.75) is 6.43 Å². The summed E-state index contributed by atoms with van der Waals surface area (Å²) >= 11 is 0. The average Bonchev–Trinajstić information content (AvgIpc) is 2.02. The van der Waals surface area contributed by atoms with Crippen LogP contribution >= 0.6 is 0 Å². The summed E-state index contributed by atoms with van der Waals surface area (Å²) in [5.41, 5.74) is -2.59. The minimum absolute atomic E-state index is 0.0674. The number of rotatable bonds is 2. The first kappa shape index (κ1) is 10.4. The molecular formula is C7H3F4NO2. The quantitative estimate of drug-likeness (QED) is 0.757. The van der Waals surface area contributed by atoms with E-state index in [2.05, 4.69) is 4.98 Å². The van der Waals surface area contributed by atoms with Gasteiger partial charge in [0.25, 0.3) is 6.43 Å². The van der Waals surface area contributed by atoms with E-state index in [9.17, 15) is 22.4 Å². The molecule has 0 atom stereocenters. The van der Waals surface area contributed by atoms with Gasteiger partial charge < -0.3 is 5.11 Å². The van der Waals surface area contributed by atoms with E-state index in [0.29, 0.717) is 0 Å². The molecule has 0 aliphatic rings. The van der Waals surface area contributed by atoms with E-state index < -0.39 is 35.4 Å². The van der Waals surface area contributed by atoms with Gasteiger partial charge >= 0.3 is 5.97 Å². The second-order valence-electron chi connectivity index (χ2n) is 2.29. The number of hydrogen-bond acceptors (Lipinski definition) is 2. The maximum Gasteiger partial charge on any atom is 0.357 e. The molecule has 0 saturated heterocycles. The predicted molar refractivity (Wildman–Crippen MR) is 36.1 cm³/mol. The van der Waals surface area contributed by atoms with Gasteiger partial charge in [0.1, 0.15) is 5.69 Å². The van der Waals surface area contributed by atoms with Crippen LogP contribution in [0.15, 0.2) is 6.07 Å². The maximum atomic E-state index is 12.6. The summed E-state index contributed by atoms with van der Waals surface area (Å²) in [5.74, 6) is -4.88. The largest absolute Gasteiger partial charge is 0.476 e. The Balaban J connectivity index is 3.34. The number of hydrogen-bond donors (Lipinski definition) is 1. The van der Waals surface area contributed by atoms with Crippen molar-refractivity contribution in [2.24, 2.45) is 0 Å². The molecule has 0 spiro atoms. The van der Waals surface area contributed by atoms with Gasteiger partial charge in [-0.3, -0.25) is 0 Å². The van der Waals surface area contributed by atoms with Crippen LogP contribution in [-0.2, 0) is 0 Å². The Bertz CT molecular complexity index is 380. The molecule has 1 heterocycles. The van der Waals surface area contributed by atoms with Gasteiger partial charge in [0.2, 0.25) is 0 Å². The molecule has 0 saturated carbocycles. The van der Waals surface area contributed by atoms with Crippen molar-refractivity contribution in [1.29, 1.82) is 0 Å². The van der Waals surface area contributed by atoms with Gasteiger partial charge in [0.15, 0.2) is 17.3 Å². The first-order chi connectivity index (χ1) is 6.43. The highest BCUT2D eigenvalue weighted by molar-refractivity contribution is 5.85. The topological polar surface area (TPSA) is 50.2 Å². The van der Waals surface area contributed by atoms with Gasteiger partial charge in [0, 0.05) is 6.07 Å². The van der Waals surface area contributed by atoms with Crippen LogP contribution in [0.4, 0.5) is 17.6 Å². The summed E-state index contributed by atoms with van der Waals surface area (Å²) in [7, 11) is 0. The highest BCUT2D eigenvalue weighted by Gasteiger charge is 2.22. The second kappa shape index (κ2) is 3.60. The minimum atomic E-state index is -3.28. The molecule has 0 radical (unpaired) electrons. The molecule has 0 amide bonds. The normalized spacial score (nSPS) is 10.6. The van der Waals surface area contributed by atoms with E-state index >= 15 is 0 Å². The number of aromatic carboxylic acids is 1. The lowest BCUT2D eigenvalue weighted by molar-refractivity contribution is 0.0682. The Hall–Kier alpha value is -1.66. The fraction of sp³-hybridized carbons (Fsp3) is 0.143. The molecule has 1 aromatic rings. The Morgan fingerprint density at radius 2 is 1.93 bits per heavy atom. The molecule has 0 fully saturated rings. The molecule has 0 aliphatic carbocycles. The highest BCUT2D eigenvalue weighted by Crippen LogP contribution is 2.21. The highest BCUT2D eigenvalue weighted by atomic mass is 19.3. The van der Waals surface area contributed by atoms with Crippen LogP contribution in [0.3, 0.4) is 0 Å². The number of pyridine rings is 1. The fourth-order valence-corrected chi connectivity index (χ4v) is 0.784. The molecule has 0 unspecified atom stereocenters. The van der Waals surface area contributed by atoms with Crippen LogP contribution in [0, 0.1) is 11.6 Å². The molecule has 0 bridgehead atoms. The number of carboxylic acid groups (broad SMARTS) is 1. The fourth-order valence-electron chi connectivity index (χ4n) is 0.784. The molecule has 1 rings (SSSR count). The third kappa shape index (κ3) is 1.81. The van der Waals surface area contributed by atoms with Crippen LogP contribution in [-0.4, -0.2) is 16.1 Å². The maximum absolute atomic E-state index is 12.6. The molecule has 0 aliphatic heterocycles. The summed E-state index contributed by atoms with van der Waals surface area (Å²) < 4.78 is 49.2. The van der Waals surface area contributed by atoms with Crippen molar-refractivity contribution < 1.29 is 27.5 Å². The first-order valence-corrected chi connectivity index (χ1v) is 3.31. The van der Waals surface area contributed by atoms with Gasteiger partial charge in [-0.25, -0.2) is 27.3 Å². The van der Waals surface area contributed by atoms with Crippen molar-refractivity contribution in [3.8, 4) is 0 Å². The van der Waals surface area contributed by atoms with Gasteiger partial charge in [-0.05, 0) is 0 Å². The molecular weight excluding hydrogens is 206 g/mol. The molecule has 7 heteroatoms. The number of carboxylic acids is 1. The summed E-state index contributed by atoms with van der Waals surface area (Å²) in [6.07, 6.45) is -3.28. The lowest BCUT2D eigenvalue weighted by atomic mass is 10.3. The average molecular weight is 209 g/mol. The Kier molecular flexibility index (Phi) is 2.68. The smallest absolute Gasteiger partial charge is 0.357 e. The zero-order valence-corrected chi connectivity index (χ0v) is 6.47. The van der Waals surface area contributed by atoms with Gasteiger partial charge in [0.05, 0.1) is 0 Å². The molecule has 1 aromatic heterocycles. The van der Waals surface area contributed by atoms with E-state index in [1.54, 1.807) is 0 Å². The van der Waals surface area contributed by atoms with Gasteiger partial charge in [-0.15, -0.1) is 0 Å². The van der Waals surface area contributed by atoms with Crippen LogP contribution < -0.4 is 0 Å². The Labute approximate surface area is 75.0 Å². The summed E-state index contributed by atoms with van der Waals surface area (Å²) in [4.78, 5) is 12.9. The van der Waals surface area contributed by atoms with E-state index in [-0.39, 0.29) is 6.07 Å². The van der Waals surface area contributed by atoms with Crippen molar-refractivity contribution in [2.75, 3.05) is 0 Å². The van der Waals surface area contributed by atoms with E-state index in [4.69, 9.17) is 5.11 Å². The number of alkyl halides is 2. The van der Waals surface area contributed by atoms with Crippen LogP contribution in [0.5, 0.6) is 0 Å². The summed E-state index contributed by atoms with van der Waals surface area (Å²) in [6, 6.07) is 0.0674. The minimum Gasteiger partial charge on any atom is -0.476 e. The third-order valence-electron chi connectivity index (χ3n) is 1.37. The Morgan fingerprint density at radius 1 is 1.36 bits per heavy atom. The van der Waals surface area contributed by atoms with Crippen molar-refractivity contribution in [3.63, 3.8) is 0 Å². The monoisotopic (exact) mass is 209 g/mol. The van der Waals surface area contributed by atoms with Crippen molar-refractivity contribution >= 4 is 5.97 Å². The zero-order chi connectivity index (χ0) is 10.9. The second-order valence-corrected chi connectivity index (χ2v) is 2.29. The third-order valence-corrected chi connectivity index (χ3v) is 1.37. The Morgan fingerprint density at radius 3 is 2.36 bits per heavy atom. The van der Waals surface area contributed by atoms with Crippen molar-refractivity contribution in [3.05, 3.63) is 29.1 Å².